The first-order chi connectivity index (χ1) is 20.1. The highest BCUT2D eigenvalue weighted by molar-refractivity contribution is 7.89. The van der Waals surface area contributed by atoms with E-state index in [2.05, 4.69) is 6.07 Å². The maximum Gasteiger partial charge on any atom is 0.243 e. The highest BCUT2D eigenvalue weighted by atomic mass is 32.2. The Bertz CT molecular complexity index is 1460. The molecular formula is C32H39N3O6S. The van der Waals surface area contributed by atoms with E-state index in [0.29, 0.717) is 43.8 Å². The minimum absolute atomic E-state index is 0.0299. The van der Waals surface area contributed by atoms with Crippen LogP contribution in [0.2, 0.25) is 0 Å². The van der Waals surface area contributed by atoms with Crippen LogP contribution >= 0.6 is 0 Å². The second-order valence-electron chi connectivity index (χ2n) is 11.3. The average Bonchev–Trinajstić information content (AvgIpc) is 3.45. The second kappa shape index (κ2) is 14.0. The molecule has 3 aromatic rings. The van der Waals surface area contributed by atoms with Crippen molar-refractivity contribution >= 4 is 10.0 Å². The minimum atomic E-state index is -4.02. The summed E-state index contributed by atoms with van der Waals surface area (Å²) in [6.07, 6.45) is 0.909. The fourth-order valence-corrected chi connectivity index (χ4v) is 6.51. The van der Waals surface area contributed by atoms with Crippen LogP contribution in [-0.4, -0.2) is 49.9 Å². The van der Waals surface area contributed by atoms with Gasteiger partial charge in [0.1, 0.15) is 12.4 Å². The monoisotopic (exact) mass is 593 g/mol. The van der Waals surface area contributed by atoms with Crippen molar-refractivity contribution in [1.29, 1.82) is 5.26 Å². The lowest BCUT2D eigenvalue weighted by atomic mass is 9.87. The summed E-state index contributed by atoms with van der Waals surface area (Å²) >= 11 is 0. The van der Waals surface area contributed by atoms with Crippen molar-refractivity contribution in [1.82, 2.24) is 4.31 Å². The third-order valence-corrected chi connectivity index (χ3v) is 9.06. The molecule has 10 heteroatoms. The van der Waals surface area contributed by atoms with E-state index in [1.165, 1.54) is 16.4 Å². The number of rotatable bonds is 15. The number of nitriles is 1. The Morgan fingerprint density at radius 1 is 1.05 bits per heavy atom. The Labute approximate surface area is 248 Å². The molecule has 0 bridgehead atoms. The van der Waals surface area contributed by atoms with Gasteiger partial charge in [0.25, 0.3) is 0 Å². The molecule has 224 valence electrons. The summed E-state index contributed by atoms with van der Waals surface area (Å²) in [5, 5.41) is 20.1. The van der Waals surface area contributed by atoms with Crippen molar-refractivity contribution in [2.45, 2.75) is 63.2 Å². The van der Waals surface area contributed by atoms with Gasteiger partial charge in [0.05, 0.1) is 17.1 Å². The van der Waals surface area contributed by atoms with Gasteiger partial charge < -0.3 is 25.1 Å². The molecule has 0 amide bonds. The van der Waals surface area contributed by atoms with E-state index in [1.54, 1.807) is 6.07 Å². The predicted octanol–water partition coefficient (Wildman–Crippen LogP) is 4.64. The Balaban J connectivity index is 1.44. The quantitative estimate of drug-likeness (QED) is 0.244. The predicted molar refractivity (Wildman–Crippen MR) is 159 cm³/mol. The number of nitrogens with zero attached hydrogens (tertiary/aromatic N) is 2. The molecule has 0 saturated carbocycles. The van der Waals surface area contributed by atoms with E-state index in [9.17, 15) is 13.5 Å². The largest absolute Gasteiger partial charge is 0.489 e. The Morgan fingerprint density at radius 2 is 1.76 bits per heavy atom. The van der Waals surface area contributed by atoms with Gasteiger partial charge in [0.15, 0.2) is 11.5 Å². The molecule has 4 rings (SSSR count). The van der Waals surface area contributed by atoms with Crippen molar-refractivity contribution in [3.05, 3.63) is 83.9 Å². The van der Waals surface area contributed by atoms with Crippen LogP contribution in [0.25, 0.3) is 0 Å². The van der Waals surface area contributed by atoms with Gasteiger partial charge in [-0.1, -0.05) is 56.3 Å². The molecule has 0 aromatic heterocycles. The summed E-state index contributed by atoms with van der Waals surface area (Å²) in [5.41, 5.74) is 7.94. The minimum Gasteiger partial charge on any atom is -0.489 e. The number of benzene rings is 3. The van der Waals surface area contributed by atoms with Crippen LogP contribution < -0.4 is 19.9 Å². The van der Waals surface area contributed by atoms with Gasteiger partial charge in [-0.2, -0.15) is 9.57 Å². The fourth-order valence-electron chi connectivity index (χ4n) is 4.85. The molecule has 0 saturated heterocycles. The summed E-state index contributed by atoms with van der Waals surface area (Å²) in [4.78, 5) is 0.0476. The zero-order valence-electron chi connectivity index (χ0n) is 24.1. The maximum absolute atomic E-state index is 13.9. The molecule has 0 aliphatic carbocycles. The van der Waals surface area contributed by atoms with Gasteiger partial charge in [-0.15, -0.1) is 0 Å². The summed E-state index contributed by atoms with van der Waals surface area (Å²) in [7, 11) is -4.02. The van der Waals surface area contributed by atoms with E-state index in [4.69, 9.17) is 25.2 Å². The number of sulfonamides is 1. The SMILES string of the molecule is CC(C)(CCCC#N)CN(CC(O)C(N)Cc1ccc(OCc2ccccc2)cc1)S(=O)(=O)c1ccc2c(c1)OCO2. The summed E-state index contributed by atoms with van der Waals surface area (Å²) in [6.45, 7) is 4.37. The summed E-state index contributed by atoms with van der Waals surface area (Å²) in [6, 6.07) is 23.3. The lowest BCUT2D eigenvalue weighted by molar-refractivity contribution is 0.106. The standard InChI is InChI=1S/C32H39N3O6S/c1-32(2,16-6-7-17-33)22-35(42(37,38)27-14-15-30-31(19-27)41-23-40-30)20-29(36)28(34)18-24-10-12-26(13-11-24)39-21-25-8-4-3-5-9-25/h3-5,8-15,19,28-29,36H,6-7,16,18,20-23,34H2,1-2H3. The molecule has 3 aromatic carbocycles. The summed E-state index contributed by atoms with van der Waals surface area (Å²) in [5.74, 6) is 1.56. The Hall–Kier alpha value is -3.62. The van der Waals surface area contributed by atoms with Gasteiger partial charge in [-0.3, -0.25) is 0 Å². The molecule has 42 heavy (non-hydrogen) atoms. The molecule has 1 aliphatic heterocycles. The molecule has 9 nitrogen and oxygen atoms in total. The lowest BCUT2D eigenvalue weighted by Gasteiger charge is -2.34. The zero-order chi connectivity index (χ0) is 30.2. The second-order valence-corrected chi connectivity index (χ2v) is 13.3. The Morgan fingerprint density at radius 3 is 2.48 bits per heavy atom. The van der Waals surface area contributed by atoms with E-state index in [0.717, 1.165) is 16.9 Å². The maximum atomic E-state index is 13.9. The molecule has 1 aliphatic rings. The van der Waals surface area contributed by atoms with E-state index in [1.807, 2.05) is 68.4 Å². The molecule has 0 radical (unpaired) electrons. The summed E-state index contributed by atoms with van der Waals surface area (Å²) < 4.78 is 45.6. The lowest BCUT2D eigenvalue weighted by Crippen LogP contribution is -2.48. The van der Waals surface area contributed by atoms with Gasteiger partial charge in [0, 0.05) is 31.6 Å². The van der Waals surface area contributed by atoms with Gasteiger partial charge in [-0.05, 0) is 60.1 Å². The number of hydrogen-bond acceptors (Lipinski definition) is 8. The normalized spacial score (nSPS) is 14.4. The first-order valence-electron chi connectivity index (χ1n) is 14.0. The third kappa shape index (κ3) is 8.46. The number of aliphatic hydroxyl groups excluding tert-OH is 1. The number of ether oxygens (including phenoxy) is 3. The van der Waals surface area contributed by atoms with Crippen LogP contribution in [-0.2, 0) is 23.1 Å². The van der Waals surface area contributed by atoms with Crippen LogP contribution in [0.5, 0.6) is 17.2 Å². The van der Waals surface area contributed by atoms with Crippen LogP contribution in [0.1, 0.15) is 44.2 Å². The first kappa shape index (κ1) is 31.3. The molecule has 3 N–H and O–H groups in total. The van der Waals surface area contributed by atoms with Crippen molar-refractivity contribution in [3.63, 3.8) is 0 Å². The van der Waals surface area contributed by atoms with Crippen LogP contribution in [0.15, 0.2) is 77.7 Å². The molecule has 2 atom stereocenters. The highest BCUT2D eigenvalue weighted by Crippen LogP contribution is 2.36. The van der Waals surface area contributed by atoms with Crippen molar-refractivity contribution in [2.24, 2.45) is 11.1 Å². The average molecular weight is 594 g/mol. The molecule has 0 fully saturated rings. The molecule has 0 spiro atoms. The number of hydrogen-bond donors (Lipinski definition) is 2. The van der Waals surface area contributed by atoms with Crippen LogP contribution in [0.4, 0.5) is 0 Å². The van der Waals surface area contributed by atoms with Crippen molar-refractivity contribution < 1.29 is 27.7 Å². The molecule has 1 heterocycles. The molecule has 2 unspecified atom stereocenters. The van der Waals surface area contributed by atoms with E-state index in [-0.39, 0.29) is 24.8 Å². The number of aliphatic hydroxyl groups is 1. The topological polar surface area (TPSA) is 135 Å². The van der Waals surface area contributed by atoms with Crippen LogP contribution in [0, 0.1) is 16.7 Å². The zero-order valence-corrected chi connectivity index (χ0v) is 24.9. The van der Waals surface area contributed by atoms with E-state index < -0.39 is 27.6 Å². The smallest absolute Gasteiger partial charge is 0.243 e. The van der Waals surface area contributed by atoms with Crippen molar-refractivity contribution in [2.75, 3.05) is 19.9 Å². The first-order valence-corrected chi connectivity index (χ1v) is 15.5. The fraction of sp³-hybridized carbons (Fsp3) is 0.406. The number of unbranched alkanes of at least 4 members (excludes halogenated alkanes) is 1. The molecular weight excluding hydrogens is 554 g/mol. The third-order valence-electron chi connectivity index (χ3n) is 7.26. The number of nitrogens with two attached hydrogens (primary N) is 1. The van der Waals surface area contributed by atoms with E-state index >= 15 is 0 Å². The van der Waals surface area contributed by atoms with Gasteiger partial charge >= 0.3 is 0 Å². The van der Waals surface area contributed by atoms with Gasteiger partial charge in [0.2, 0.25) is 16.8 Å². The number of fused-ring (bicyclic) bond motifs is 1. The Kier molecular flexibility index (Phi) is 10.5. The van der Waals surface area contributed by atoms with Gasteiger partial charge in [-0.25, -0.2) is 8.42 Å². The van der Waals surface area contributed by atoms with Crippen molar-refractivity contribution in [3.8, 4) is 23.3 Å². The highest BCUT2D eigenvalue weighted by Gasteiger charge is 2.34. The van der Waals surface area contributed by atoms with Crippen LogP contribution in [0.3, 0.4) is 0 Å².